The maximum atomic E-state index is 12.8. The molecule has 4 rings (SSSR count). The third-order valence-electron chi connectivity index (χ3n) is 5.38. The van der Waals surface area contributed by atoms with Crippen LogP contribution in [-0.2, 0) is 12.7 Å². The lowest BCUT2D eigenvalue weighted by atomic mass is 10.1. The molecular formula is C22H24F3N5O. The highest BCUT2D eigenvalue weighted by Crippen LogP contribution is 2.30. The first kappa shape index (κ1) is 21.2. The largest absolute Gasteiger partial charge is 0.494 e. The van der Waals surface area contributed by atoms with E-state index in [-0.39, 0.29) is 6.04 Å². The van der Waals surface area contributed by atoms with E-state index in [2.05, 4.69) is 15.4 Å². The van der Waals surface area contributed by atoms with E-state index in [0.29, 0.717) is 18.9 Å². The highest BCUT2D eigenvalue weighted by molar-refractivity contribution is 5.46. The number of nitrogens with one attached hydrogen (secondary N) is 1. The van der Waals surface area contributed by atoms with Crippen LogP contribution in [0.25, 0.3) is 5.69 Å². The van der Waals surface area contributed by atoms with Crippen LogP contribution < -0.4 is 15.0 Å². The minimum atomic E-state index is -4.37. The normalized spacial score (nSPS) is 17.0. The molecule has 0 aliphatic carbocycles. The van der Waals surface area contributed by atoms with Crippen molar-refractivity contribution in [2.45, 2.75) is 31.6 Å². The van der Waals surface area contributed by atoms with Gasteiger partial charge in [-0.05, 0) is 37.1 Å². The van der Waals surface area contributed by atoms with E-state index in [4.69, 9.17) is 4.74 Å². The number of piperidine rings is 1. The molecule has 0 spiro atoms. The Bertz CT molecular complexity index is 1000. The second-order valence-corrected chi connectivity index (χ2v) is 7.53. The van der Waals surface area contributed by atoms with Crippen LogP contribution in [0, 0.1) is 0 Å². The molecule has 1 atom stereocenters. The molecule has 1 aliphatic heterocycles. The molecule has 1 fully saturated rings. The van der Waals surface area contributed by atoms with Crippen LogP contribution in [-0.4, -0.2) is 41.0 Å². The van der Waals surface area contributed by atoms with Crippen LogP contribution in [0.15, 0.2) is 55.0 Å². The van der Waals surface area contributed by atoms with E-state index < -0.39 is 11.7 Å². The van der Waals surface area contributed by atoms with Gasteiger partial charge in [0.15, 0.2) is 0 Å². The summed E-state index contributed by atoms with van der Waals surface area (Å²) in [7, 11) is 1.63. The van der Waals surface area contributed by atoms with Gasteiger partial charge in [0.25, 0.3) is 0 Å². The summed E-state index contributed by atoms with van der Waals surface area (Å²) in [6.45, 7) is 2.12. The summed E-state index contributed by atoms with van der Waals surface area (Å²) in [5.74, 6) is 1.32. The van der Waals surface area contributed by atoms with E-state index in [9.17, 15) is 13.2 Å². The molecule has 3 aromatic rings. The van der Waals surface area contributed by atoms with Crippen LogP contribution in [0.4, 0.5) is 19.0 Å². The van der Waals surface area contributed by atoms with Crippen molar-refractivity contribution in [3.63, 3.8) is 0 Å². The van der Waals surface area contributed by atoms with Gasteiger partial charge in [-0.3, -0.25) is 0 Å². The van der Waals surface area contributed by atoms with Crippen molar-refractivity contribution in [3.05, 3.63) is 66.1 Å². The van der Waals surface area contributed by atoms with Crippen molar-refractivity contribution in [1.29, 1.82) is 0 Å². The Morgan fingerprint density at radius 1 is 1.16 bits per heavy atom. The Kier molecular flexibility index (Phi) is 6.13. The van der Waals surface area contributed by atoms with Crippen molar-refractivity contribution in [2.75, 3.05) is 25.1 Å². The van der Waals surface area contributed by atoms with Gasteiger partial charge in [-0.25, -0.2) is 9.67 Å². The summed E-state index contributed by atoms with van der Waals surface area (Å²) >= 11 is 0. The first-order valence-corrected chi connectivity index (χ1v) is 10.1. The predicted molar refractivity (Wildman–Crippen MR) is 111 cm³/mol. The van der Waals surface area contributed by atoms with Crippen molar-refractivity contribution < 1.29 is 17.9 Å². The minimum Gasteiger partial charge on any atom is -0.494 e. The third kappa shape index (κ3) is 4.99. The monoisotopic (exact) mass is 431 g/mol. The Labute approximate surface area is 178 Å². The molecule has 31 heavy (non-hydrogen) atoms. The summed E-state index contributed by atoms with van der Waals surface area (Å²) in [4.78, 5) is 6.06. The average Bonchev–Trinajstić information content (AvgIpc) is 3.26. The minimum absolute atomic E-state index is 0.215. The number of methoxy groups -OCH3 is 1. The Hall–Kier alpha value is -3.07. The standard InChI is InChI=1S/C22H24F3N5O/c1-31-20-7-3-2-6-19(20)30-14-16(12-28-30)11-26-18-5-4-10-29(15-18)21-9-8-17(13-27-21)22(23,24)25/h2-3,6-9,12-14,18,26H,4-5,10-11,15H2,1H3/t18-/m1/s1. The molecule has 1 aliphatic rings. The number of alkyl halides is 3. The van der Waals surface area contributed by atoms with Crippen LogP contribution in [0.3, 0.4) is 0 Å². The lowest BCUT2D eigenvalue weighted by Gasteiger charge is -2.34. The van der Waals surface area contributed by atoms with E-state index in [1.807, 2.05) is 41.6 Å². The molecule has 0 saturated carbocycles. The number of para-hydroxylation sites is 2. The molecule has 1 saturated heterocycles. The molecule has 0 bridgehead atoms. The zero-order valence-electron chi connectivity index (χ0n) is 17.1. The topological polar surface area (TPSA) is 55.2 Å². The summed E-state index contributed by atoms with van der Waals surface area (Å²) in [6, 6.07) is 10.4. The zero-order valence-corrected chi connectivity index (χ0v) is 17.1. The summed E-state index contributed by atoms with van der Waals surface area (Å²) in [6.07, 6.45) is 2.25. The molecule has 1 aromatic carbocycles. The molecule has 3 heterocycles. The quantitative estimate of drug-likeness (QED) is 0.638. The molecule has 0 unspecified atom stereocenters. The Balaban J connectivity index is 1.36. The number of pyridine rings is 1. The van der Waals surface area contributed by atoms with E-state index in [0.717, 1.165) is 48.6 Å². The fraction of sp³-hybridized carbons (Fsp3) is 0.364. The van der Waals surface area contributed by atoms with Gasteiger partial charge in [0.05, 0.1) is 18.9 Å². The van der Waals surface area contributed by atoms with Gasteiger partial charge >= 0.3 is 6.18 Å². The molecule has 0 amide bonds. The van der Waals surface area contributed by atoms with Crippen LogP contribution in [0.5, 0.6) is 5.75 Å². The van der Waals surface area contributed by atoms with Crippen molar-refractivity contribution >= 4 is 5.82 Å². The first-order chi connectivity index (χ1) is 14.9. The lowest BCUT2D eigenvalue weighted by molar-refractivity contribution is -0.137. The number of ether oxygens (including phenoxy) is 1. The van der Waals surface area contributed by atoms with E-state index >= 15 is 0 Å². The van der Waals surface area contributed by atoms with E-state index in [1.165, 1.54) is 6.07 Å². The third-order valence-corrected chi connectivity index (χ3v) is 5.38. The van der Waals surface area contributed by atoms with Crippen LogP contribution in [0.1, 0.15) is 24.0 Å². The number of halogens is 3. The maximum Gasteiger partial charge on any atom is 0.417 e. The van der Waals surface area contributed by atoms with Crippen molar-refractivity contribution in [1.82, 2.24) is 20.1 Å². The Morgan fingerprint density at radius 3 is 2.74 bits per heavy atom. The smallest absolute Gasteiger partial charge is 0.417 e. The molecule has 0 radical (unpaired) electrons. The van der Waals surface area contributed by atoms with Gasteiger partial charge in [-0.2, -0.15) is 18.3 Å². The molecule has 6 nitrogen and oxygen atoms in total. The van der Waals surface area contributed by atoms with Gasteiger partial charge < -0.3 is 15.0 Å². The molecule has 2 aromatic heterocycles. The summed E-state index contributed by atoms with van der Waals surface area (Å²) < 4.78 is 45.5. The van der Waals surface area contributed by atoms with Gasteiger partial charge in [0, 0.05) is 43.6 Å². The zero-order chi connectivity index (χ0) is 21.8. The molecule has 164 valence electrons. The summed E-state index contributed by atoms with van der Waals surface area (Å²) in [5.41, 5.74) is 1.18. The number of nitrogens with zero attached hydrogens (tertiary/aromatic N) is 4. The highest BCUT2D eigenvalue weighted by atomic mass is 19.4. The number of hydrogen-bond donors (Lipinski definition) is 1. The van der Waals surface area contributed by atoms with Gasteiger partial charge in [0.2, 0.25) is 0 Å². The van der Waals surface area contributed by atoms with Crippen molar-refractivity contribution in [2.24, 2.45) is 0 Å². The summed E-state index contributed by atoms with van der Waals surface area (Å²) in [5, 5.41) is 7.97. The maximum absolute atomic E-state index is 12.8. The number of rotatable bonds is 6. The van der Waals surface area contributed by atoms with Crippen LogP contribution >= 0.6 is 0 Å². The fourth-order valence-corrected chi connectivity index (χ4v) is 3.76. The molecule has 9 heteroatoms. The highest BCUT2D eigenvalue weighted by Gasteiger charge is 2.31. The second-order valence-electron chi connectivity index (χ2n) is 7.53. The Morgan fingerprint density at radius 2 is 2.00 bits per heavy atom. The number of aromatic nitrogens is 3. The average molecular weight is 431 g/mol. The number of hydrogen-bond acceptors (Lipinski definition) is 5. The van der Waals surface area contributed by atoms with Crippen molar-refractivity contribution in [3.8, 4) is 11.4 Å². The van der Waals surface area contributed by atoms with E-state index in [1.54, 1.807) is 11.8 Å². The van der Waals surface area contributed by atoms with Gasteiger partial charge in [-0.1, -0.05) is 12.1 Å². The molecular weight excluding hydrogens is 407 g/mol. The molecule has 1 N–H and O–H groups in total. The SMILES string of the molecule is COc1ccccc1-n1cc(CN[C@@H]2CCCN(c3ccc(C(F)(F)F)cn3)C2)cn1. The predicted octanol–water partition coefficient (Wildman–Crippen LogP) is 4.05. The first-order valence-electron chi connectivity index (χ1n) is 10.1. The van der Waals surface area contributed by atoms with Gasteiger partial charge in [0.1, 0.15) is 17.3 Å². The lowest BCUT2D eigenvalue weighted by Crippen LogP contribution is -2.45. The fourth-order valence-electron chi connectivity index (χ4n) is 3.76. The van der Waals surface area contributed by atoms with Gasteiger partial charge in [-0.15, -0.1) is 0 Å². The van der Waals surface area contributed by atoms with Crippen LogP contribution in [0.2, 0.25) is 0 Å². The second kappa shape index (κ2) is 8.97. The number of benzene rings is 1. The number of anilines is 1.